The van der Waals surface area contributed by atoms with Gasteiger partial charge in [-0.3, -0.25) is 4.98 Å². The van der Waals surface area contributed by atoms with Gasteiger partial charge in [0.25, 0.3) is 0 Å². The van der Waals surface area contributed by atoms with E-state index in [0.717, 1.165) is 24.3 Å². The van der Waals surface area contributed by atoms with Crippen molar-refractivity contribution < 1.29 is 0 Å². The molecule has 0 bridgehead atoms. The number of nitrogens with one attached hydrogen (secondary N) is 1. The van der Waals surface area contributed by atoms with Crippen LogP contribution in [0.5, 0.6) is 0 Å². The molecule has 0 saturated heterocycles. The van der Waals surface area contributed by atoms with Gasteiger partial charge in [-0.2, -0.15) is 0 Å². The van der Waals surface area contributed by atoms with Crippen LogP contribution < -0.4 is 5.32 Å². The molecule has 0 aliphatic rings. The predicted molar refractivity (Wildman–Crippen MR) is 73.2 cm³/mol. The molecule has 1 aromatic carbocycles. The molecule has 17 heavy (non-hydrogen) atoms. The Bertz CT molecular complexity index is 492. The molecule has 0 atom stereocenters. The van der Waals surface area contributed by atoms with Crippen molar-refractivity contribution in [3.63, 3.8) is 0 Å². The summed E-state index contributed by atoms with van der Waals surface area (Å²) in [5.74, 6) is 0. The second-order valence-electron chi connectivity index (χ2n) is 4.17. The van der Waals surface area contributed by atoms with Crippen molar-refractivity contribution in [3.05, 3.63) is 48.2 Å². The minimum absolute atomic E-state index is 0.997. The van der Waals surface area contributed by atoms with Gasteiger partial charge in [-0.15, -0.1) is 0 Å². The monoisotopic (exact) mass is 226 g/mol. The fourth-order valence-corrected chi connectivity index (χ4v) is 1.82. The molecule has 2 heteroatoms. The average Bonchev–Trinajstić information content (AvgIpc) is 2.37. The zero-order chi connectivity index (χ0) is 12.1. The lowest BCUT2D eigenvalue weighted by Gasteiger charge is -2.08. The maximum Gasteiger partial charge on any atom is 0.0725 e. The SMILES string of the molecule is CCCNc1ccnc(-c2ccccc2C)c1. The summed E-state index contributed by atoms with van der Waals surface area (Å²) in [6.07, 6.45) is 2.99. The summed E-state index contributed by atoms with van der Waals surface area (Å²) < 4.78 is 0. The smallest absolute Gasteiger partial charge is 0.0725 e. The predicted octanol–water partition coefficient (Wildman–Crippen LogP) is 3.88. The van der Waals surface area contributed by atoms with E-state index in [4.69, 9.17) is 0 Å². The molecule has 0 unspecified atom stereocenters. The summed E-state index contributed by atoms with van der Waals surface area (Å²) in [7, 11) is 0. The first kappa shape index (κ1) is 11.6. The molecule has 1 aromatic heterocycles. The Balaban J connectivity index is 2.30. The first-order chi connectivity index (χ1) is 8.31. The van der Waals surface area contributed by atoms with Gasteiger partial charge in [-0.05, 0) is 31.0 Å². The van der Waals surface area contributed by atoms with Crippen LogP contribution in [0.25, 0.3) is 11.3 Å². The lowest BCUT2D eigenvalue weighted by molar-refractivity contribution is 0.979. The molecule has 88 valence electrons. The minimum Gasteiger partial charge on any atom is -0.385 e. The lowest BCUT2D eigenvalue weighted by Crippen LogP contribution is -2.00. The maximum absolute atomic E-state index is 4.44. The van der Waals surface area contributed by atoms with Crippen LogP contribution >= 0.6 is 0 Å². The molecule has 0 aliphatic heterocycles. The van der Waals surface area contributed by atoms with Crippen LogP contribution in [0.1, 0.15) is 18.9 Å². The Hall–Kier alpha value is -1.83. The molecular formula is C15H18N2. The quantitative estimate of drug-likeness (QED) is 0.855. The highest BCUT2D eigenvalue weighted by atomic mass is 14.9. The summed E-state index contributed by atoms with van der Waals surface area (Å²) in [5.41, 5.74) is 4.63. The molecule has 2 rings (SSSR count). The number of aryl methyl sites for hydroxylation is 1. The number of rotatable bonds is 4. The number of hydrogen-bond acceptors (Lipinski definition) is 2. The molecular weight excluding hydrogens is 208 g/mol. The Morgan fingerprint density at radius 3 is 2.76 bits per heavy atom. The standard InChI is InChI=1S/C15H18N2/c1-3-9-16-13-8-10-17-15(11-13)14-7-5-4-6-12(14)2/h4-8,10-11H,3,9H2,1-2H3,(H,16,17). The Labute approximate surface area is 103 Å². The van der Waals surface area contributed by atoms with Gasteiger partial charge in [-0.25, -0.2) is 0 Å². The summed E-state index contributed by atoms with van der Waals surface area (Å²) in [5, 5.41) is 3.38. The minimum atomic E-state index is 0.997. The topological polar surface area (TPSA) is 24.9 Å². The van der Waals surface area contributed by atoms with Gasteiger partial charge in [0.2, 0.25) is 0 Å². The van der Waals surface area contributed by atoms with Gasteiger partial charge in [0.05, 0.1) is 5.69 Å². The van der Waals surface area contributed by atoms with Crippen molar-refractivity contribution >= 4 is 5.69 Å². The Morgan fingerprint density at radius 2 is 2.00 bits per heavy atom. The molecule has 0 radical (unpaired) electrons. The lowest BCUT2D eigenvalue weighted by atomic mass is 10.1. The first-order valence-electron chi connectivity index (χ1n) is 6.07. The van der Waals surface area contributed by atoms with Gasteiger partial charge < -0.3 is 5.32 Å². The van der Waals surface area contributed by atoms with E-state index in [-0.39, 0.29) is 0 Å². The zero-order valence-corrected chi connectivity index (χ0v) is 10.4. The highest BCUT2D eigenvalue weighted by Crippen LogP contribution is 2.23. The largest absolute Gasteiger partial charge is 0.385 e. The third kappa shape index (κ3) is 2.84. The molecule has 2 aromatic rings. The first-order valence-corrected chi connectivity index (χ1v) is 6.07. The van der Waals surface area contributed by atoms with E-state index in [9.17, 15) is 0 Å². The molecule has 0 saturated carbocycles. The van der Waals surface area contributed by atoms with Crippen LogP contribution in [-0.2, 0) is 0 Å². The number of hydrogen-bond donors (Lipinski definition) is 1. The second kappa shape index (κ2) is 5.48. The van der Waals surface area contributed by atoms with Crippen LogP contribution in [-0.4, -0.2) is 11.5 Å². The van der Waals surface area contributed by atoms with Crippen LogP contribution in [0.3, 0.4) is 0 Å². The fourth-order valence-electron chi connectivity index (χ4n) is 1.82. The third-order valence-electron chi connectivity index (χ3n) is 2.76. The van der Waals surface area contributed by atoms with E-state index in [1.54, 1.807) is 0 Å². The molecule has 0 spiro atoms. The van der Waals surface area contributed by atoms with E-state index >= 15 is 0 Å². The van der Waals surface area contributed by atoms with Gasteiger partial charge in [0.15, 0.2) is 0 Å². The average molecular weight is 226 g/mol. The van der Waals surface area contributed by atoms with E-state index < -0.39 is 0 Å². The molecule has 2 nitrogen and oxygen atoms in total. The number of pyridine rings is 1. The van der Waals surface area contributed by atoms with Crippen LogP contribution in [0.2, 0.25) is 0 Å². The maximum atomic E-state index is 4.44. The molecule has 0 fully saturated rings. The summed E-state index contributed by atoms with van der Waals surface area (Å²) >= 11 is 0. The van der Waals surface area contributed by atoms with Crippen molar-refractivity contribution in [3.8, 4) is 11.3 Å². The van der Waals surface area contributed by atoms with E-state index in [2.05, 4.69) is 54.5 Å². The van der Waals surface area contributed by atoms with Gasteiger partial charge in [-0.1, -0.05) is 31.2 Å². The normalized spacial score (nSPS) is 10.2. The highest BCUT2D eigenvalue weighted by molar-refractivity contribution is 5.66. The third-order valence-corrected chi connectivity index (χ3v) is 2.76. The highest BCUT2D eigenvalue weighted by Gasteiger charge is 2.02. The van der Waals surface area contributed by atoms with Crippen LogP contribution in [0, 0.1) is 6.92 Å². The van der Waals surface area contributed by atoms with Gasteiger partial charge >= 0.3 is 0 Å². The van der Waals surface area contributed by atoms with E-state index in [1.165, 1.54) is 11.1 Å². The van der Waals surface area contributed by atoms with Crippen LogP contribution in [0.4, 0.5) is 5.69 Å². The van der Waals surface area contributed by atoms with E-state index in [0.29, 0.717) is 0 Å². The summed E-state index contributed by atoms with van der Waals surface area (Å²) in [4.78, 5) is 4.44. The number of aromatic nitrogens is 1. The summed E-state index contributed by atoms with van der Waals surface area (Å²) in [6.45, 7) is 5.27. The van der Waals surface area contributed by atoms with Crippen molar-refractivity contribution in [1.29, 1.82) is 0 Å². The Kier molecular flexibility index (Phi) is 3.76. The molecule has 1 heterocycles. The van der Waals surface area contributed by atoms with Gasteiger partial charge in [0, 0.05) is 24.0 Å². The van der Waals surface area contributed by atoms with Crippen molar-refractivity contribution in [2.75, 3.05) is 11.9 Å². The van der Waals surface area contributed by atoms with Crippen molar-refractivity contribution in [2.45, 2.75) is 20.3 Å². The Morgan fingerprint density at radius 1 is 1.18 bits per heavy atom. The van der Waals surface area contributed by atoms with Crippen LogP contribution in [0.15, 0.2) is 42.6 Å². The van der Waals surface area contributed by atoms with Crippen molar-refractivity contribution in [2.24, 2.45) is 0 Å². The van der Waals surface area contributed by atoms with E-state index in [1.807, 2.05) is 12.3 Å². The molecule has 1 N–H and O–H groups in total. The molecule has 0 aliphatic carbocycles. The molecule has 0 amide bonds. The van der Waals surface area contributed by atoms with Gasteiger partial charge in [0.1, 0.15) is 0 Å². The number of benzene rings is 1. The summed E-state index contributed by atoms with van der Waals surface area (Å²) in [6, 6.07) is 12.5. The zero-order valence-electron chi connectivity index (χ0n) is 10.4. The second-order valence-corrected chi connectivity index (χ2v) is 4.17. The van der Waals surface area contributed by atoms with Crippen molar-refractivity contribution in [1.82, 2.24) is 4.98 Å². The number of nitrogens with zero attached hydrogens (tertiary/aromatic N) is 1. The fraction of sp³-hybridized carbons (Fsp3) is 0.267. The number of anilines is 1.